The Bertz CT molecular complexity index is 425. The highest BCUT2D eigenvalue weighted by atomic mass is 16.1. The molecule has 1 aliphatic rings. The molecule has 1 heterocycles. The molecule has 4 nitrogen and oxygen atoms in total. The first-order chi connectivity index (χ1) is 9.78. The first kappa shape index (κ1) is 15.0. The van der Waals surface area contributed by atoms with Gasteiger partial charge in [0.2, 0.25) is 5.91 Å². The summed E-state index contributed by atoms with van der Waals surface area (Å²) >= 11 is 0. The third-order valence-corrected chi connectivity index (χ3v) is 3.80. The van der Waals surface area contributed by atoms with Gasteiger partial charge < -0.3 is 16.0 Å². The van der Waals surface area contributed by atoms with Gasteiger partial charge in [0.25, 0.3) is 0 Å². The molecule has 0 radical (unpaired) electrons. The molecule has 1 aromatic carbocycles. The van der Waals surface area contributed by atoms with E-state index in [9.17, 15) is 4.79 Å². The summed E-state index contributed by atoms with van der Waals surface area (Å²) in [6.45, 7) is 3.63. The SMILES string of the molecule is NCc1cccc(NC(=O)CCN2CCCCCC2)c1. The van der Waals surface area contributed by atoms with Crippen molar-refractivity contribution < 1.29 is 4.79 Å². The second-order valence-electron chi connectivity index (χ2n) is 5.46. The lowest BCUT2D eigenvalue weighted by Gasteiger charge is -2.19. The zero-order valence-electron chi connectivity index (χ0n) is 12.1. The standard InChI is InChI=1S/C16H25N3O/c17-13-14-6-5-7-15(12-14)18-16(20)8-11-19-9-3-1-2-4-10-19/h5-7,12H,1-4,8-11,13,17H2,(H,18,20). The highest BCUT2D eigenvalue weighted by Crippen LogP contribution is 2.12. The third kappa shape index (κ3) is 4.94. The molecule has 4 heteroatoms. The number of carbonyl (C=O) groups excluding carboxylic acids is 1. The Labute approximate surface area is 121 Å². The van der Waals surface area contributed by atoms with E-state index in [1.54, 1.807) is 0 Å². The molecule has 0 unspecified atom stereocenters. The number of likely N-dealkylation sites (tertiary alicyclic amines) is 1. The van der Waals surface area contributed by atoms with Crippen LogP contribution in [0.5, 0.6) is 0 Å². The molecule has 1 aliphatic heterocycles. The summed E-state index contributed by atoms with van der Waals surface area (Å²) in [5.41, 5.74) is 7.48. The lowest BCUT2D eigenvalue weighted by molar-refractivity contribution is -0.116. The van der Waals surface area contributed by atoms with Crippen LogP contribution in [0.3, 0.4) is 0 Å². The monoisotopic (exact) mass is 275 g/mol. The minimum atomic E-state index is 0.0865. The maximum atomic E-state index is 12.0. The Hall–Kier alpha value is -1.39. The first-order valence-corrected chi connectivity index (χ1v) is 7.59. The molecule has 0 saturated carbocycles. The minimum absolute atomic E-state index is 0.0865. The van der Waals surface area contributed by atoms with Crippen molar-refractivity contribution in [2.75, 3.05) is 25.0 Å². The average Bonchev–Trinajstić information content (AvgIpc) is 2.74. The van der Waals surface area contributed by atoms with Crippen LogP contribution in [0, 0.1) is 0 Å². The largest absolute Gasteiger partial charge is 0.326 e. The fraction of sp³-hybridized carbons (Fsp3) is 0.562. The Morgan fingerprint density at radius 3 is 2.65 bits per heavy atom. The fourth-order valence-corrected chi connectivity index (χ4v) is 2.62. The van der Waals surface area contributed by atoms with Crippen molar-refractivity contribution >= 4 is 11.6 Å². The second kappa shape index (κ2) is 8.02. The zero-order chi connectivity index (χ0) is 14.2. The molecule has 0 bridgehead atoms. The number of rotatable bonds is 5. The number of nitrogens with one attached hydrogen (secondary N) is 1. The van der Waals surface area contributed by atoms with Gasteiger partial charge in [-0.3, -0.25) is 4.79 Å². The number of benzene rings is 1. The number of hydrogen-bond acceptors (Lipinski definition) is 3. The molecule has 0 aromatic heterocycles. The molecule has 1 saturated heterocycles. The maximum Gasteiger partial charge on any atom is 0.225 e. The van der Waals surface area contributed by atoms with E-state index in [1.807, 2.05) is 24.3 Å². The molecule has 1 fully saturated rings. The number of amides is 1. The Morgan fingerprint density at radius 2 is 1.95 bits per heavy atom. The van der Waals surface area contributed by atoms with Crippen molar-refractivity contribution in [1.29, 1.82) is 0 Å². The van der Waals surface area contributed by atoms with Gasteiger partial charge in [-0.1, -0.05) is 25.0 Å². The van der Waals surface area contributed by atoms with Crippen LogP contribution in [0.15, 0.2) is 24.3 Å². The van der Waals surface area contributed by atoms with Crippen molar-refractivity contribution in [1.82, 2.24) is 4.90 Å². The summed E-state index contributed by atoms with van der Waals surface area (Å²) < 4.78 is 0. The van der Waals surface area contributed by atoms with E-state index in [0.29, 0.717) is 13.0 Å². The van der Waals surface area contributed by atoms with Crippen molar-refractivity contribution in [2.24, 2.45) is 5.73 Å². The molecule has 20 heavy (non-hydrogen) atoms. The van der Waals surface area contributed by atoms with Crippen molar-refractivity contribution in [3.8, 4) is 0 Å². The van der Waals surface area contributed by atoms with Crippen LogP contribution in [-0.2, 0) is 11.3 Å². The predicted octanol–water partition coefficient (Wildman–Crippen LogP) is 2.35. The average molecular weight is 275 g/mol. The Kier molecular flexibility index (Phi) is 6.02. The van der Waals surface area contributed by atoms with Crippen LogP contribution in [0.25, 0.3) is 0 Å². The first-order valence-electron chi connectivity index (χ1n) is 7.59. The predicted molar refractivity (Wildman–Crippen MR) is 82.5 cm³/mol. The molecule has 2 rings (SSSR count). The second-order valence-corrected chi connectivity index (χ2v) is 5.46. The summed E-state index contributed by atoms with van der Waals surface area (Å²) in [6.07, 6.45) is 5.75. The topological polar surface area (TPSA) is 58.4 Å². The van der Waals surface area contributed by atoms with E-state index in [1.165, 1.54) is 25.7 Å². The van der Waals surface area contributed by atoms with Crippen LogP contribution in [0.2, 0.25) is 0 Å². The Morgan fingerprint density at radius 1 is 1.20 bits per heavy atom. The Balaban J connectivity index is 1.76. The smallest absolute Gasteiger partial charge is 0.225 e. The molecule has 0 atom stereocenters. The lowest BCUT2D eigenvalue weighted by atomic mass is 10.2. The zero-order valence-corrected chi connectivity index (χ0v) is 12.1. The molecule has 0 aliphatic carbocycles. The van der Waals surface area contributed by atoms with Gasteiger partial charge in [0.05, 0.1) is 0 Å². The highest BCUT2D eigenvalue weighted by Gasteiger charge is 2.11. The van der Waals surface area contributed by atoms with E-state index in [2.05, 4.69) is 10.2 Å². The summed E-state index contributed by atoms with van der Waals surface area (Å²) in [7, 11) is 0. The van der Waals surface area contributed by atoms with Crippen LogP contribution in [0.4, 0.5) is 5.69 Å². The normalized spacial score (nSPS) is 16.6. The van der Waals surface area contributed by atoms with Gasteiger partial charge in [0.15, 0.2) is 0 Å². The molecule has 1 amide bonds. The van der Waals surface area contributed by atoms with Crippen LogP contribution < -0.4 is 11.1 Å². The number of anilines is 1. The van der Waals surface area contributed by atoms with Gasteiger partial charge in [-0.15, -0.1) is 0 Å². The van der Waals surface area contributed by atoms with Gasteiger partial charge in [-0.25, -0.2) is 0 Å². The van der Waals surface area contributed by atoms with Gasteiger partial charge >= 0.3 is 0 Å². The number of nitrogens with zero attached hydrogens (tertiary/aromatic N) is 1. The van der Waals surface area contributed by atoms with Crippen LogP contribution in [0.1, 0.15) is 37.7 Å². The van der Waals surface area contributed by atoms with Gasteiger partial charge in [0.1, 0.15) is 0 Å². The van der Waals surface area contributed by atoms with Gasteiger partial charge in [-0.2, -0.15) is 0 Å². The van der Waals surface area contributed by atoms with Crippen LogP contribution >= 0.6 is 0 Å². The van der Waals surface area contributed by atoms with Crippen molar-refractivity contribution in [3.05, 3.63) is 29.8 Å². The van der Waals surface area contributed by atoms with E-state index in [-0.39, 0.29) is 5.91 Å². The van der Waals surface area contributed by atoms with E-state index in [0.717, 1.165) is 30.9 Å². The molecule has 110 valence electrons. The van der Waals surface area contributed by atoms with Gasteiger partial charge in [0, 0.05) is 25.2 Å². The summed E-state index contributed by atoms with van der Waals surface area (Å²) in [4.78, 5) is 14.4. The number of carbonyl (C=O) groups is 1. The molecular formula is C16H25N3O. The molecule has 1 aromatic rings. The number of hydrogen-bond donors (Lipinski definition) is 2. The molecule has 0 spiro atoms. The fourth-order valence-electron chi connectivity index (χ4n) is 2.62. The van der Waals surface area contributed by atoms with E-state index >= 15 is 0 Å². The summed E-state index contributed by atoms with van der Waals surface area (Å²) in [5.74, 6) is 0.0865. The van der Waals surface area contributed by atoms with Crippen LogP contribution in [-0.4, -0.2) is 30.4 Å². The van der Waals surface area contributed by atoms with Crippen molar-refractivity contribution in [2.45, 2.75) is 38.6 Å². The summed E-state index contributed by atoms with van der Waals surface area (Å²) in [5, 5.41) is 2.95. The number of nitrogens with two attached hydrogens (primary N) is 1. The van der Waals surface area contributed by atoms with Gasteiger partial charge in [-0.05, 0) is 43.6 Å². The third-order valence-electron chi connectivity index (χ3n) is 3.80. The lowest BCUT2D eigenvalue weighted by Crippen LogP contribution is -2.28. The van der Waals surface area contributed by atoms with Crippen molar-refractivity contribution in [3.63, 3.8) is 0 Å². The maximum absolute atomic E-state index is 12.0. The highest BCUT2D eigenvalue weighted by molar-refractivity contribution is 5.90. The quantitative estimate of drug-likeness (QED) is 0.867. The molecule has 3 N–H and O–H groups in total. The summed E-state index contributed by atoms with van der Waals surface area (Å²) in [6, 6.07) is 7.73. The van der Waals surface area contributed by atoms with E-state index in [4.69, 9.17) is 5.73 Å². The minimum Gasteiger partial charge on any atom is -0.326 e. The van der Waals surface area contributed by atoms with E-state index < -0.39 is 0 Å². The molecular weight excluding hydrogens is 250 g/mol.